The predicted octanol–water partition coefficient (Wildman–Crippen LogP) is 6.38. The molecule has 0 N–H and O–H groups in total. The Bertz CT molecular complexity index is 1620. The number of hydrogen-bond acceptors (Lipinski definition) is 7. The second-order valence-electron chi connectivity index (χ2n) is 10.3. The van der Waals surface area contributed by atoms with E-state index in [-0.39, 0.29) is 42.1 Å². The lowest BCUT2D eigenvalue weighted by atomic mass is 9.81. The summed E-state index contributed by atoms with van der Waals surface area (Å²) < 4.78 is 10.6. The molecule has 5 rings (SSSR count). The van der Waals surface area contributed by atoms with Gasteiger partial charge in [0.05, 0.1) is 35.1 Å². The average Bonchev–Trinajstić information content (AvgIpc) is 3.24. The van der Waals surface area contributed by atoms with Crippen LogP contribution in [0.5, 0.6) is 11.5 Å². The molecule has 0 radical (unpaired) electrons. The largest absolute Gasteiger partial charge is 0.497 e. The van der Waals surface area contributed by atoms with Gasteiger partial charge in [-0.2, -0.15) is 5.01 Å². The van der Waals surface area contributed by atoms with Gasteiger partial charge in [0.25, 0.3) is 17.7 Å². The zero-order valence-corrected chi connectivity index (χ0v) is 27.7. The Kier molecular flexibility index (Phi) is 9.79. The molecule has 3 aromatic carbocycles. The molecule has 4 atom stereocenters. The van der Waals surface area contributed by atoms with Gasteiger partial charge in [-0.15, -0.1) is 0 Å². The number of imide groups is 1. The predicted molar refractivity (Wildman–Crippen MR) is 170 cm³/mol. The number of esters is 1. The molecule has 0 bridgehead atoms. The van der Waals surface area contributed by atoms with E-state index in [4.69, 9.17) is 32.7 Å². The first-order chi connectivity index (χ1) is 21.0. The number of carbonyl (C=O) groups is 5. The van der Waals surface area contributed by atoms with Crippen LogP contribution >= 0.6 is 55.1 Å². The molecular formula is C31H24Br2Cl2N2O7. The second kappa shape index (κ2) is 13.4. The highest BCUT2D eigenvalue weighted by Gasteiger charge is 2.54. The van der Waals surface area contributed by atoms with Gasteiger partial charge in [0.15, 0.2) is 5.78 Å². The fourth-order valence-electron chi connectivity index (χ4n) is 5.20. The summed E-state index contributed by atoms with van der Waals surface area (Å²) in [5, 5.41) is 1.92. The summed E-state index contributed by atoms with van der Waals surface area (Å²) in [6.45, 7) is -0.632. The van der Waals surface area contributed by atoms with Crippen LogP contribution in [0.15, 0.2) is 66.7 Å². The molecule has 0 unspecified atom stereocenters. The van der Waals surface area contributed by atoms with Crippen molar-refractivity contribution in [1.82, 2.24) is 10.0 Å². The molecule has 1 aliphatic heterocycles. The molecule has 3 aromatic rings. The van der Waals surface area contributed by atoms with Crippen molar-refractivity contribution < 1.29 is 33.4 Å². The summed E-state index contributed by atoms with van der Waals surface area (Å²) in [5.74, 6) is -3.74. The Morgan fingerprint density at radius 1 is 0.864 bits per heavy atom. The Labute approximate surface area is 279 Å². The van der Waals surface area contributed by atoms with Crippen molar-refractivity contribution in [3.8, 4) is 11.5 Å². The van der Waals surface area contributed by atoms with E-state index in [0.717, 1.165) is 10.0 Å². The summed E-state index contributed by atoms with van der Waals surface area (Å²) in [7, 11) is 1.48. The molecule has 0 aromatic heterocycles. The van der Waals surface area contributed by atoms with Crippen LogP contribution < -0.4 is 9.47 Å². The van der Waals surface area contributed by atoms with Crippen molar-refractivity contribution in [1.29, 1.82) is 0 Å². The lowest BCUT2D eigenvalue weighted by Gasteiger charge is -2.30. The molecule has 44 heavy (non-hydrogen) atoms. The van der Waals surface area contributed by atoms with Crippen molar-refractivity contribution >= 4 is 84.5 Å². The Morgan fingerprint density at radius 2 is 1.50 bits per heavy atom. The van der Waals surface area contributed by atoms with Crippen LogP contribution in [0.3, 0.4) is 0 Å². The molecule has 1 saturated heterocycles. The van der Waals surface area contributed by atoms with Crippen LogP contribution in [0, 0.1) is 11.8 Å². The zero-order chi connectivity index (χ0) is 31.7. The van der Waals surface area contributed by atoms with Crippen LogP contribution in [0.2, 0.25) is 10.0 Å². The Morgan fingerprint density at radius 3 is 2.09 bits per heavy atom. The van der Waals surface area contributed by atoms with Gasteiger partial charge >= 0.3 is 5.97 Å². The van der Waals surface area contributed by atoms with E-state index >= 15 is 0 Å². The van der Waals surface area contributed by atoms with Crippen molar-refractivity contribution in [2.75, 3.05) is 13.7 Å². The maximum Gasteiger partial charge on any atom is 0.343 e. The highest BCUT2D eigenvalue weighted by atomic mass is 79.9. The smallest absolute Gasteiger partial charge is 0.343 e. The normalized spacial score (nSPS) is 21.1. The zero-order valence-electron chi connectivity index (χ0n) is 23.0. The molecule has 1 saturated carbocycles. The number of nitrogens with zero attached hydrogens (tertiary/aromatic N) is 2. The van der Waals surface area contributed by atoms with Crippen LogP contribution in [-0.2, 0) is 9.59 Å². The van der Waals surface area contributed by atoms with Crippen LogP contribution in [-0.4, -0.2) is 62.8 Å². The fraction of sp³-hybridized carbons (Fsp3) is 0.258. The van der Waals surface area contributed by atoms with Gasteiger partial charge in [-0.3, -0.25) is 19.2 Å². The summed E-state index contributed by atoms with van der Waals surface area (Å²) in [4.78, 5) is 67.0. The summed E-state index contributed by atoms with van der Waals surface area (Å²) in [5.41, 5.74) is 0.400. The lowest BCUT2D eigenvalue weighted by Crippen LogP contribution is -2.52. The number of rotatable bonds is 8. The molecule has 13 heteroatoms. The molecule has 2 fully saturated rings. The number of ketones is 1. The maximum absolute atomic E-state index is 13.8. The van der Waals surface area contributed by atoms with Crippen molar-refractivity contribution in [2.45, 2.75) is 22.5 Å². The number of hydrogen-bond donors (Lipinski definition) is 0. The molecule has 9 nitrogen and oxygen atoms in total. The molecule has 3 amide bonds. The number of amides is 3. The minimum Gasteiger partial charge on any atom is -0.497 e. The number of Topliss-reactive ketones (excluding diaryl/α,β-unsaturated/α-hetero) is 1. The topological polar surface area (TPSA) is 110 Å². The van der Waals surface area contributed by atoms with E-state index in [1.165, 1.54) is 55.6 Å². The number of alkyl halides is 2. The summed E-state index contributed by atoms with van der Waals surface area (Å²) >= 11 is 19.4. The Balaban J connectivity index is 1.39. The van der Waals surface area contributed by atoms with Crippen LogP contribution in [0.25, 0.3) is 0 Å². The average molecular weight is 767 g/mol. The lowest BCUT2D eigenvalue weighted by molar-refractivity contribution is -0.154. The fourth-order valence-corrected chi connectivity index (χ4v) is 6.93. The van der Waals surface area contributed by atoms with E-state index in [2.05, 4.69) is 31.9 Å². The van der Waals surface area contributed by atoms with Crippen molar-refractivity contribution in [3.05, 3.63) is 93.5 Å². The minimum absolute atomic E-state index is 0.000269. The first-order valence-corrected chi connectivity index (χ1v) is 16.0. The molecule has 0 spiro atoms. The second-order valence-corrected chi connectivity index (χ2v) is 13.5. The standard InChI is InChI=1S/C31H24Br2Cl2N2O7/c1-43-20-4-2-3-17(11-20)31(42)44-19-8-5-16(6-9-19)27(38)15-36(28(39)21-10-7-18(34)12-26(21)35)37-29(40)22-13-24(32)25(33)14-23(22)30(37)41/h2-12,22-25H,13-15H2,1H3/t22-,23+,24+,25-. The van der Waals surface area contributed by atoms with E-state index in [0.29, 0.717) is 18.6 Å². The number of carbonyl (C=O) groups excluding carboxylic acids is 5. The number of benzene rings is 3. The van der Waals surface area contributed by atoms with Gasteiger partial charge in [0, 0.05) is 20.2 Å². The van der Waals surface area contributed by atoms with Crippen molar-refractivity contribution in [3.63, 3.8) is 0 Å². The van der Waals surface area contributed by atoms with Gasteiger partial charge < -0.3 is 9.47 Å². The van der Waals surface area contributed by atoms with Gasteiger partial charge in [0.1, 0.15) is 18.0 Å². The minimum atomic E-state index is -0.810. The maximum atomic E-state index is 13.8. The SMILES string of the molecule is COc1cccc(C(=O)Oc2ccc(C(=O)CN(C(=O)c3ccc(Cl)cc3Cl)N3C(=O)[C@H]4C[C@@H](Br)[C@@H](Br)C[C@H]4C3=O)cc2)c1. The number of ether oxygens (including phenoxy) is 2. The monoisotopic (exact) mass is 764 g/mol. The highest BCUT2D eigenvalue weighted by molar-refractivity contribution is 9.12. The number of fused-ring (bicyclic) bond motifs is 1. The van der Waals surface area contributed by atoms with Crippen LogP contribution in [0.1, 0.15) is 43.9 Å². The summed E-state index contributed by atoms with van der Waals surface area (Å²) in [6.07, 6.45) is 0.768. The first kappa shape index (κ1) is 32.2. The molecule has 1 heterocycles. The van der Waals surface area contributed by atoms with Gasteiger partial charge in [0.2, 0.25) is 0 Å². The number of halogens is 4. The third kappa shape index (κ3) is 6.56. The van der Waals surface area contributed by atoms with Gasteiger partial charge in [-0.1, -0.05) is 61.1 Å². The van der Waals surface area contributed by atoms with E-state index in [1.807, 2.05) is 0 Å². The van der Waals surface area contributed by atoms with Gasteiger partial charge in [-0.25, -0.2) is 9.80 Å². The summed E-state index contributed by atoms with van der Waals surface area (Å²) in [6, 6.07) is 16.4. The molecular weight excluding hydrogens is 743 g/mol. The van der Waals surface area contributed by atoms with E-state index in [1.54, 1.807) is 18.2 Å². The number of hydrazine groups is 1. The van der Waals surface area contributed by atoms with Gasteiger partial charge in [-0.05, 0) is 73.5 Å². The first-order valence-electron chi connectivity index (χ1n) is 13.4. The third-order valence-corrected chi connectivity index (χ3v) is 10.8. The molecule has 1 aliphatic carbocycles. The van der Waals surface area contributed by atoms with Crippen LogP contribution in [0.4, 0.5) is 0 Å². The molecule has 228 valence electrons. The van der Waals surface area contributed by atoms with Crippen molar-refractivity contribution in [2.24, 2.45) is 11.8 Å². The third-order valence-electron chi connectivity index (χ3n) is 7.51. The molecule has 2 aliphatic rings. The van der Waals surface area contributed by atoms with E-state index < -0.39 is 47.9 Å². The number of methoxy groups -OCH3 is 1. The highest BCUT2D eigenvalue weighted by Crippen LogP contribution is 2.44. The Hall–Kier alpha value is -3.25. The van der Waals surface area contributed by atoms with E-state index in [9.17, 15) is 24.0 Å². The quantitative estimate of drug-likeness (QED) is 0.0861.